The van der Waals surface area contributed by atoms with E-state index in [0.29, 0.717) is 6.61 Å². The minimum Gasteiger partial charge on any atom is -0.380 e. The number of hydrogen-bond acceptors (Lipinski definition) is 5. The molecule has 4 aromatic rings. The topological polar surface area (TPSA) is 57.1 Å². The molecule has 0 aliphatic carbocycles. The average molecular weight is 432 g/mol. The molecule has 168 valence electrons. The highest BCUT2D eigenvalue weighted by molar-refractivity contribution is 5.84. The van der Waals surface area contributed by atoms with Gasteiger partial charge in [0.15, 0.2) is 0 Å². The van der Waals surface area contributed by atoms with E-state index in [9.17, 15) is 0 Å². The summed E-state index contributed by atoms with van der Waals surface area (Å²) in [5.41, 5.74) is 5.85. The summed E-state index contributed by atoms with van der Waals surface area (Å²) >= 11 is 0. The van der Waals surface area contributed by atoms with Crippen LogP contribution in [0.3, 0.4) is 0 Å². The fraction of sp³-hybridized carbons (Fsp3) is 0.296. The Balaban J connectivity index is 0.000000170. The minimum absolute atomic E-state index is 0.141. The number of pyridine rings is 3. The second-order valence-corrected chi connectivity index (χ2v) is 7.65. The van der Waals surface area contributed by atoms with E-state index in [-0.39, 0.29) is 6.10 Å². The summed E-state index contributed by atoms with van der Waals surface area (Å²) < 4.78 is 10.1. The molecule has 0 amide bonds. The fourth-order valence-electron chi connectivity index (χ4n) is 3.07. The monoisotopic (exact) mass is 431 g/mol. The Morgan fingerprint density at radius 1 is 0.781 bits per heavy atom. The van der Waals surface area contributed by atoms with Gasteiger partial charge in [0, 0.05) is 56.8 Å². The average Bonchev–Trinajstić information content (AvgIpc) is 2.80. The molecule has 0 aliphatic rings. The first-order chi connectivity index (χ1) is 15.4. The van der Waals surface area contributed by atoms with E-state index < -0.39 is 0 Å². The SMILES string of the molecule is COC(C)c1cncc(C)c1.COCc1cncc(C)c1.Cc1cncc2ccccc12. The molecule has 5 heteroatoms. The summed E-state index contributed by atoms with van der Waals surface area (Å²) in [7, 11) is 3.38. The van der Waals surface area contributed by atoms with Crippen LogP contribution < -0.4 is 0 Å². The first kappa shape index (κ1) is 25.1. The molecular formula is C27H33N3O2. The predicted octanol–water partition coefficient (Wildman–Crippen LogP) is 6.18. The number of benzene rings is 1. The number of nitrogens with zero attached hydrogens (tertiary/aromatic N) is 3. The van der Waals surface area contributed by atoms with Gasteiger partial charge in [-0.25, -0.2) is 0 Å². The van der Waals surface area contributed by atoms with Crippen LogP contribution in [0, 0.1) is 20.8 Å². The van der Waals surface area contributed by atoms with Crippen LogP contribution >= 0.6 is 0 Å². The highest BCUT2D eigenvalue weighted by atomic mass is 16.5. The fourth-order valence-corrected chi connectivity index (χ4v) is 3.07. The normalized spacial score (nSPS) is 11.1. The third-order valence-electron chi connectivity index (χ3n) is 4.83. The molecule has 0 bridgehead atoms. The number of methoxy groups -OCH3 is 2. The van der Waals surface area contributed by atoms with Crippen molar-refractivity contribution in [3.05, 3.63) is 101 Å². The maximum absolute atomic E-state index is 5.15. The molecule has 0 radical (unpaired) electrons. The minimum atomic E-state index is 0.141. The number of ether oxygens (including phenoxy) is 2. The van der Waals surface area contributed by atoms with E-state index in [2.05, 4.69) is 52.2 Å². The van der Waals surface area contributed by atoms with Gasteiger partial charge in [-0.05, 0) is 60.9 Å². The Morgan fingerprint density at radius 3 is 2.06 bits per heavy atom. The van der Waals surface area contributed by atoms with Crippen molar-refractivity contribution in [2.75, 3.05) is 14.2 Å². The Morgan fingerprint density at radius 2 is 1.44 bits per heavy atom. The number of fused-ring (bicyclic) bond motifs is 1. The number of hydrogen-bond donors (Lipinski definition) is 0. The first-order valence-corrected chi connectivity index (χ1v) is 10.6. The van der Waals surface area contributed by atoms with Gasteiger partial charge in [0.2, 0.25) is 0 Å². The van der Waals surface area contributed by atoms with Crippen molar-refractivity contribution >= 4 is 10.8 Å². The van der Waals surface area contributed by atoms with Crippen LogP contribution in [-0.4, -0.2) is 29.2 Å². The lowest BCUT2D eigenvalue weighted by molar-refractivity contribution is 0.119. The summed E-state index contributed by atoms with van der Waals surface area (Å²) in [5.74, 6) is 0. The molecular weight excluding hydrogens is 398 g/mol. The van der Waals surface area contributed by atoms with Crippen LogP contribution in [0.2, 0.25) is 0 Å². The highest BCUT2D eigenvalue weighted by Gasteiger charge is 2.02. The molecule has 0 saturated carbocycles. The van der Waals surface area contributed by atoms with Crippen LogP contribution in [0.25, 0.3) is 10.8 Å². The maximum Gasteiger partial charge on any atom is 0.0807 e. The molecule has 0 saturated heterocycles. The molecule has 4 rings (SSSR count). The molecule has 1 atom stereocenters. The van der Waals surface area contributed by atoms with Crippen molar-refractivity contribution in [2.24, 2.45) is 0 Å². The van der Waals surface area contributed by atoms with Crippen LogP contribution in [0.5, 0.6) is 0 Å². The molecule has 0 aliphatic heterocycles. The number of aromatic nitrogens is 3. The number of rotatable bonds is 4. The largest absolute Gasteiger partial charge is 0.380 e. The lowest BCUT2D eigenvalue weighted by Crippen LogP contribution is -1.96. The summed E-state index contributed by atoms with van der Waals surface area (Å²) in [6.07, 6.45) is 11.2. The smallest absolute Gasteiger partial charge is 0.0807 e. The molecule has 0 N–H and O–H groups in total. The van der Waals surface area contributed by atoms with Crippen LogP contribution in [0.4, 0.5) is 0 Å². The van der Waals surface area contributed by atoms with Gasteiger partial charge in [0.25, 0.3) is 0 Å². The van der Waals surface area contributed by atoms with Gasteiger partial charge in [-0.15, -0.1) is 0 Å². The van der Waals surface area contributed by atoms with Gasteiger partial charge in [0.05, 0.1) is 12.7 Å². The Bertz CT molecular complexity index is 1090. The second kappa shape index (κ2) is 13.3. The third kappa shape index (κ3) is 8.17. The Kier molecular flexibility index (Phi) is 10.4. The van der Waals surface area contributed by atoms with Crippen molar-refractivity contribution < 1.29 is 9.47 Å². The van der Waals surface area contributed by atoms with E-state index in [1.54, 1.807) is 14.2 Å². The van der Waals surface area contributed by atoms with Crippen molar-refractivity contribution in [3.8, 4) is 0 Å². The lowest BCUT2D eigenvalue weighted by Gasteiger charge is -2.08. The molecule has 3 aromatic heterocycles. The van der Waals surface area contributed by atoms with Gasteiger partial charge in [-0.1, -0.05) is 36.4 Å². The van der Waals surface area contributed by atoms with Crippen LogP contribution in [0.1, 0.15) is 40.8 Å². The zero-order valence-electron chi connectivity index (χ0n) is 19.9. The van der Waals surface area contributed by atoms with Gasteiger partial charge in [-0.3, -0.25) is 15.0 Å². The Hall–Kier alpha value is -3.15. The quantitative estimate of drug-likeness (QED) is 0.386. The van der Waals surface area contributed by atoms with Gasteiger partial charge in [0.1, 0.15) is 0 Å². The second-order valence-electron chi connectivity index (χ2n) is 7.65. The van der Waals surface area contributed by atoms with E-state index in [4.69, 9.17) is 9.47 Å². The summed E-state index contributed by atoms with van der Waals surface area (Å²) in [6, 6.07) is 12.4. The van der Waals surface area contributed by atoms with Gasteiger partial charge < -0.3 is 9.47 Å². The van der Waals surface area contributed by atoms with Crippen LogP contribution in [-0.2, 0) is 16.1 Å². The zero-order valence-corrected chi connectivity index (χ0v) is 19.9. The summed E-state index contributed by atoms with van der Waals surface area (Å²) in [6.45, 7) is 8.78. The van der Waals surface area contributed by atoms with E-state index in [1.165, 1.54) is 27.5 Å². The molecule has 5 nitrogen and oxygen atoms in total. The predicted molar refractivity (Wildman–Crippen MR) is 131 cm³/mol. The lowest BCUT2D eigenvalue weighted by atomic mass is 10.1. The van der Waals surface area contributed by atoms with E-state index >= 15 is 0 Å². The molecule has 32 heavy (non-hydrogen) atoms. The van der Waals surface area contributed by atoms with Crippen molar-refractivity contribution in [3.63, 3.8) is 0 Å². The molecule has 1 aromatic carbocycles. The van der Waals surface area contributed by atoms with E-state index in [0.717, 1.165) is 11.1 Å². The Labute approximate surface area is 191 Å². The van der Waals surface area contributed by atoms with E-state index in [1.807, 2.05) is 64.0 Å². The van der Waals surface area contributed by atoms with Crippen molar-refractivity contribution in [1.29, 1.82) is 0 Å². The zero-order chi connectivity index (χ0) is 23.3. The maximum atomic E-state index is 5.15. The highest BCUT2D eigenvalue weighted by Crippen LogP contribution is 2.15. The third-order valence-corrected chi connectivity index (χ3v) is 4.83. The van der Waals surface area contributed by atoms with Crippen molar-refractivity contribution in [2.45, 2.75) is 40.4 Å². The first-order valence-electron chi connectivity index (χ1n) is 10.6. The van der Waals surface area contributed by atoms with Crippen molar-refractivity contribution in [1.82, 2.24) is 15.0 Å². The summed E-state index contributed by atoms with van der Waals surface area (Å²) in [4.78, 5) is 12.2. The summed E-state index contributed by atoms with van der Waals surface area (Å²) in [5, 5.41) is 2.51. The molecule has 0 spiro atoms. The molecule has 0 fully saturated rings. The van der Waals surface area contributed by atoms with Gasteiger partial charge >= 0.3 is 0 Å². The van der Waals surface area contributed by atoms with Crippen LogP contribution in [0.15, 0.2) is 73.6 Å². The standard InChI is InChI=1S/C10H9N.C9H13NO.C8H11NO/c1-8-6-11-7-9-4-2-3-5-10(8)9;1-7-4-9(6-10-5-7)8(2)11-3;1-7-3-8(6-10-2)5-9-4-7/h2-7H,1H3;4-6,8H,1-3H3;3-5H,6H2,1-2H3. The van der Waals surface area contributed by atoms with Gasteiger partial charge in [-0.2, -0.15) is 0 Å². The molecule has 1 unspecified atom stereocenters. The molecule has 3 heterocycles. The number of aryl methyl sites for hydroxylation is 3.